The van der Waals surface area contributed by atoms with Crippen molar-refractivity contribution < 1.29 is 26.4 Å². The summed E-state index contributed by atoms with van der Waals surface area (Å²) in [6, 6.07) is 5.03. The maximum absolute atomic E-state index is 12.5. The molecule has 0 saturated heterocycles. The van der Waals surface area contributed by atoms with Gasteiger partial charge in [0.15, 0.2) is 0 Å². The largest absolute Gasteiger partial charge is 0.484 e. The minimum absolute atomic E-state index is 0.441. The molecule has 18 heavy (non-hydrogen) atoms. The molecule has 0 aromatic heterocycles. The van der Waals surface area contributed by atoms with Gasteiger partial charge in [0.2, 0.25) is 0 Å². The molecule has 0 bridgehead atoms. The Labute approximate surface area is 105 Å². The molecule has 1 unspecified atom stereocenters. The third kappa shape index (κ3) is 4.09. The molecule has 0 radical (unpaired) electrons. The fraction of sp³-hybridized carbons (Fsp3) is 0.455. The van der Waals surface area contributed by atoms with Gasteiger partial charge in [-0.3, -0.25) is 0 Å². The Kier molecular flexibility index (Phi) is 5.33. The van der Waals surface area contributed by atoms with Gasteiger partial charge in [-0.25, -0.2) is 0 Å². The summed E-state index contributed by atoms with van der Waals surface area (Å²) in [4.78, 5) is 0. The van der Waals surface area contributed by atoms with Crippen molar-refractivity contribution in [1.29, 1.82) is 0 Å². The van der Waals surface area contributed by atoms with Crippen LogP contribution in [-0.2, 0) is 19.5 Å². The quantitative estimate of drug-likeness (QED) is 0.776. The van der Waals surface area contributed by atoms with Crippen LogP contribution in [0.1, 0.15) is 24.2 Å². The molecule has 0 fully saturated rings. The van der Waals surface area contributed by atoms with Crippen LogP contribution in [0.5, 0.6) is 0 Å². The number of rotatable bonds is 5. The van der Waals surface area contributed by atoms with Crippen LogP contribution in [0, 0.1) is 0 Å². The summed E-state index contributed by atoms with van der Waals surface area (Å²) in [6.45, 7) is 1.66. The van der Waals surface area contributed by atoms with Crippen LogP contribution in [-0.4, -0.2) is 23.7 Å². The Hall–Kier alpha value is -0.893. The maximum atomic E-state index is 12.5. The first kappa shape index (κ1) is 15.2. The summed E-state index contributed by atoms with van der Waals surface area (Å²) in [5.41, 5.74) is -0.250. The van der Waals surface area contributed by atoms with Gasteiger partial charge in [0.1, 0.15) is 0 Å². The zero-order valence-electron chi connectivity index (χ0n) is 10.3. The second-order valence-corrected chi connectivity index (χ2v) is 5.45. The van der Waals surface area contributed by atoms with Gasteiger partial charge in [-0.15, -0.1) is 0 Å². The third-order valence-corrected chi connectivity index (χ3v) is 3.78. The van der Waals surface area contributed by atoms with Gasteiger partial charge in [0.05, 0.1) is 11.7 Å². The number of hydrogen-bond donors (Lipinski definition) is 0. The summed E-state index contributed by atoms with van der Waals surface area (Å²) in [7, 11) is 0.629. The first-order valence-corrected chi connectivity index (χ1v) is 6.68. The Morgan fingerprint density at radius 2 is 1.78 bits per heavy atom. The number of hydrogen-bond acceptors (Lipinski definition) is 3. The van der Waals surface area contributed by atoms with Gasteiger partial charge in [-0.1, -0.05) is 12.1 Å². The molecular weight excluding hydrogens is 265 g/mol. The van der Waals surface area contributed by atoms with Crippen LogP contribution in [0.25, 0.3) is 0 Å². The van der Waals surface area contributed by atoms with E-state index in [1.165, 1.54) is 20.3 Å². The lowest BCUT2D eigenvalue weighted by Gasteiger charge is -2.19. The monoisotopic (exact) mass is 280 g/mol. The molecule has 1 atom stereocenters. The molecule has 1 rings (SSSR count). The molecule has 0 saturated carbocycles. The lowest BCUT2D eigenvalue weighted by molar-refractivity contribution is -0.137. The van der Waals surface area contributed by atoms with Gasteiger partial charge in [0.25, 0.3) is 0 Å². The fourth-order valence-corrected chi connectivity index (χ4v) is 2.33. The first-order valence-electron chi connectivity index (χ1n) is 5.26. The second-order valence-electron chi connectivity index (χ2n) is 3.66. The predicted octanol–water partition coefficient (Wildman–Crippen LogP) is 2.79. The van der Waals surface area contributed by atoms with Crippen molar-refractivity contribution >= 4 is 9.53 Å². The highest BCUT2D eigenvalue weighted by Gasteiger charge is 2.31. The summed E-state index contributed by atoms with van der Waals surface area (Å²) >= 11 is 0. The van der Waals surface area contributed by atoms with E-state index in [0.29, 0.717) is 5.56 Å². The molecular formula is C11H15F3O3Si. The van der Waals surface area contributed by atoms with Crippen molar-refractivity contribution in [2.24, 2.45) is 0 Å². The Morgan fingerprint density at radius 1 is 1.17 bits per heavy atom. The van der Waals surface area contributed by atoms with E-state index in [-0.39, 0.29) is 0 Å². The molecule has 1 aromatic rings. The highest BCUT2D eigenvalue weighted by Crippen LogP contribution is 2.31. The lowest BCUT2D eigenvalue weighted by Crippen LogP contribution is -2.25. The zero-order chi connectivity index (χ0) is 13.8. The Balaban J connectivity index is 2.83. The fourth-order valence-electron chi connectivity index (χ4n) is 1.42. The van der Waals surface area contributed by atoms with Gasteiger partial charge in [-0.2, -0.15) is 13.2 Å². The van der Waals surface area contributed by atoms with E-state index in [9.17, 15) is 13.2 Å². The van der Waals surface area contributed by atoms with E-state index < -0.39 is 27.4 Å². The van der Waals surface area contributed by atoms with Crippen molar-refractivity contribution in [3.8, 4) is 0 Å². The lowest BCUT2D eigenvalue weighted by atomic mass is 10.1. The SMILES string of the molecule is CO[SiH](OC)OC(C)c1cccc(C(F)(F)F)c1. The van der Waals surface area contributed by atoms with Crippen molar-refractivity contribution in [3.63, 3.8) is 0 Å². The van der Waals surface area contributed by atoms with Crippen LogP contribution in [0.3, 0.4) is 0 Å². The van der Waals surface area contributed by atoms with Crippen LogP contribution < -0.4 is 0 Å². The third-order valence-electron chi connectivity index (χ3n) is 2.38. The molecule has 0 amide bonds. The highest BCUT2D eigenvalue weighted by molar-refractivity contribution is 6.36. The minimum Gasteiger partial charge on any atom is -0.379 e. The molecule has 0 aliphatic carbocycles. The average molecular weight is 280 g/mol. The van der Waals surface area contributed by atoms with Crippen molar-refractivity contribution in [2.45, 2.75) is 19.2 Å². The minimum atomic E-state index is -4.35. The van der Waals surface area contributed by atoms with Crippen LogP contribution >= 0.6 is 0 Å². The normalized spacial score (nSPS) is 13.9. The van der Waals surface area contributed by atoms with E-state index in [4.69, 9.17) is 13.3 Å². The van der Waals surface area contributed by atoms with E-state index in [1.807, 2.05) is 0 Å². The standard InChI is InChI=1S/C11H15F3O3Si/c1-8(17-18(15-2)16-3)9-5-4-6-10(7-9)11(12,13)14/h4-8,18H,1-3H3. The zero-order valence-corrected chi connectivity index (χ0v) is 11.5. The Morgan fingerprint density at radius 3 is 2.28 bits per heavy atom. The molecule has 0 N–H and O–H groups in total. The summed E-state index contributed by atoms with van der Waals surface area (Å²) in [5.74, 6) is 0. The number of halogens is 3. The van der Waals surface area contributed by atoms with Gasteiger partial charge in [0, 0.05) is 14.2 Å². The predicted molar refractivity (Wildman–Crippen MR) is 62.1 cm³/mol. The number of alkyl halides is 3. The maximum Gasteiger partial charge on any atom is 0.484 e. The van der Waals surface area contributed by atoms with Crippen molar-refractivity contribution in [2.75, 3.05) is 14.2 Å². The second kappa shape index (κ2) is 6.33. The first-order chi connectivity index (χ1) is 8.38. The molecule has 7 heteroatoms. The molecule has 0 aliphatic rings. The van der Waals surface area contributed by atoms with E-state index in [0.717, 1.165) is 12.1 Å². The van der Waals surface area contributed by atoms with Crippen LogP contribution in [0.2, 0.25) is 0 Å². The van der Waals surface area contributed by atoms with E-state index >= 15 is 0 Å². The van der Waals surface area contributed by atoms with Crippen LogP contribution in [0.4, 0.5) is 13.2 Å². The Bertz CT molecular complexity index is 380. The topological polar surface area (TPSA) is 27.7 Å². The summed E-state index contributed by atoms with van der Waals surface area (Å²) in [6.07, 6.45) is -4.86. The van der Waals surface area contributed by atoms with Gasteiger partial charge in [-0.05, 0) is 24.6 Å². The smallest absolute Gasteiger partial charge is 0.379 e. The molecule has 0 aliphatic heterocycles. The van der Waals surface area contributed by atoms with Crippen molar-refractivity contribution in [3.05, 3.63) is 35.4 Å². The van der Waals surface area contributed by atoms with E-state index in [2.05, 4.69) is 0 Å². The molecule has 0 heterocycles. The van der Waals surface area contributed by atoms with E-state index in [1.54, 1.807) is 13.0 Å². The van der Waals surface area contributed by atoms with Crippen LogP contribution in [0.15, 0.2) is 24.3 Å². The molecule has 102 valence electrons. The van der Waals surface area contributed by atoms with Gasteiger partial charge >= 0.3 is 15.7 Å². The van der Waals surface area contributed by atoms with Crippen molar-refractivity contribution in [1.82, 2.24) is 0 Å². The summed E-state index contributed by atoms with van der Waals surface area (Å²) in [5, 5.41) is 0. The molecule has 1 aromatic carbocycles. The molecule has 0 spiro atoms. The highest BCUT2D eigenvalue weighted by atomic mass is 28.3. The number of benzene rings is 1. The van der Waals surface area contributed by atoms with Gasteiger partial charge < -0.3 is 13.3 Å². The average Bonchev–Trinajstić information content (AvgIpc) is 2.34. The molecule has 3 nitrogen and oxygen atoms in total. The summed E-state index contributed by atoms with van der Waals surface area (Å²) < 4.78 is 53.0.